The van der Waals surface area contributed by atoms with Crippen molar-refractivity contribution < 1.29 is 9.53 Å². The number of amides is 1. The molecule has 0 aliphatic heterocycles. The summed E-state index contributed by atoms with van der Waals surface area (Å²) in [6, 6.07) is 5.50. The Labute approximate surface area is 120 Å². The first-order valence-electron chi connectivity index (χ1n) is 5.99. The van der Waals surface area contributed by atoms with Gasteiger partial charge in [-0.1, -0.05) is 0 Å². The summed E-state index contributed by atoms with van der Waals surface area (Å²) < 4.78 is 5.99. The molecule has 2 rings (SSSR count). The molecule has 98 valence electrons. The number of carbonyl (C=O) groups is 1. The number of carbonyl (C=O) groups excluding carboxylic acids is 1. The van der Waals surface area contributed by atoms with Gasteiger partial charge in [-0.05, 0) is 59.5 Å². The summed E-state index contributed by atoms with van der Waals surface area (Å²) in [6.07, 6.45) is 2.38. The van der Waals surface area contributed by atoms with Gasteiger partial charge in [0.2, 0.25) is 0 Å². The Hall–Kier alpha value is -0.820. The summed E-state index contributed by atoms with van der Waals surface area (Å²) in [6.45, 7) is 0.547. The summed E-state index contributed by atoms with van der Waals surface area (Å²) >= 11 is 2.14. The zero-order valence-electron chi connectivity index (χ0n) is 10.3. The molecular weight excluding hydrogens is 343 g/mol. The van der Waals surface area contributed by atoms with E-state index in [0.29, 0.717) is 18.0 Å². The summed E-state index contributed by atoms with van der Waals surface area (Å²) in [5.41, 5.74) is 6.62. The minimum absolute atomic E-state index is 0.0712. The molecule has 0 aromatic heterocycles. The molecule has 1 aromatic rings. The van der Waals surface area contributed by atoms with Crippen LogP contribution in [-0.2, 0) is 0 Å². The predicted octanol–water partition coefficient (Wildman–Crippen LogP) is 1.77. The number of benzene rings is 1. The molecule has 0 spiro atoms. The highest BCUT2D eigenvalue weighted by atomic mass is 127. The van der Waals surface area contributed by atoms with E-state index < -0.39 is 0 Å². The molecule has 1 aliphatic carbocycles. The molecule has 0 saturated heterocycles. The van der Waals surface area contributed by atoms with Gasteiger partial charge in [-0.15, -0.1) is 0 Å². The molecule has 1 saturated carbocycles. The Morgan fingerprint density at radius 2 is 2.33 bits per heavy atom. The number of nitrogens with one attached hydrogen (secondary N) is 1. The Morgan fingerprint density at radius 1 is 1.61 bits per heavy atom. The molecule has 1 aromatic carbocycles. The fraction of sp³-hybridized carbons (Fsp3) is 0.462. The smallest absolute Gasteiger partial charge is 0.252 e. The molecule has 1 atom stereocenters. The fourth-order valence-electron chi connectivity index (χ4n) is 1.80. The minimum Gasteiger partial charge on any atom is -0.497 e. The van der Waals surface area contributed by atoms with Crippen molar-refractivity contribution in [3.8, 4) is 5.75 Å². The van der Waals surface area contributed by atoms with E-state index in [-0.39, 0.29) is 11.9 Å². The Kier molecular flexibility index (Phi) is 4.45. The van der Waals surface area contributed by atoms with Gasteiger partial charge in [-0.3, -0.25) is 4.79 Å². The number of rotatable bonds is 5. The number of ether oxygens (including phenoxy) is 1. The third-order valence-corrected chi connectivity index (χ3v) is 4.04. The standard InChI is InChI=1S/C13H17IN2O2/c1-18-9-4-5-10(11(14)6-9)13(17)16-7-12(15)8-2-3-8/h4-6,8,12H,2-3,7,15H2,1H3,(H,16,17). The van der Waals surface area contributed by atoms with E-state index in [4.69, 9.17) is 10.5 Å². The van der Waals surface area contributed by atoms with Gasteiger partial charge in [0.15, 0.2) is 0 Å². The van der Waals surface area contributed by atoms with Crippen LogP contribution in [0.1, 0.15) is 23.2 Å². The molecule has 0 heterocycles. The van der Waals surface area contributed by atoms with Crippen molar-refractivity contribution in [1.82, 2.24) is 5.32 Å². The van der Waals surface area contributed by atoms with Crippen molar-refractivity contribution in [2.75, 3.05) is 13.7 Å². The first-order valence-corrected chi connectivity index (χ1v) is 7.07. The first kappa shape index (κ1) is 13.6. The molecule has 18 heavy (non-hydrogen) atoms. The normalized spacial score (nSPS) is 16.2. The van der Waals surface area contributed by atoms with E-state index in [1.54, 1.807) is 19.2 Å². The number of hydrogen-bond donors (Lipinski definition) is 2. The van der Waals surface area contributed by atoms with Crippen LogP contribution in [0.25, 0.3) is 0 Å². The highest BCUT2D eigenvalue weighted by Crippen LogP contribution is 2.31. The lowest BCUT2D eigenvalue weighted by Crippen LogP contribution is -2.38. The summed E-state index contributed by atoms with van der Waals surface area (Å²) in [7, 11) is 1.61. The summed E-state index contributed by atoms with van der Waals surface area (Å²) in [5, 5.41) is 2.89. The second-order valence-corrected chi connectivity index (χ2v) is 5.72. The third kappa shape index (κ3) is 3.35. The van der Waals surface area contributed by atoms with E-state index in [1.807, 2.05) is 6.07 Å². The Balaban J connectivity index is 1.95. The van der Waals surface area contributed by atoms with Gasteiger partial charge in [-0.25, -0.2) is 0 Å². The van der Waals surface area contributed by atoms with Crippen LogP contribution in [0, 0.1) is 9.49 Å². The molecule has 3 N–H and O–H groups in total. The molecular formula is C13H17IN2O2. The van der Waals surface area contributed by atoms with E-state index in [2.05, 4.69) is 27.9 Å². The highest BCUT2D eigenvalue weighted by molar-refractivity contribution is 14.1. The van der Waals surface area contributed by atoms with Gasteiger partial charge in [-0.2, -0.15) is 0 Å². The van der Waals surface area contributed by atoms with E-state index in [1.165, 1.54) is 12.8 Å². The molecule has 5 heteroatoms. The van der Waals surface area contributed by atoms with Crippen LogP contribution in [0.15, 0.2) is 18.2 Å². The monoisotopic (exact) mass is 360 g/mol. The topological polar surface area (TPSA) is 64.3 Å². The molecule has 1 unspecified atom stereocenters. The zero-order chi connectivity index (χ0) is 13.1. The van der Waals surface area contributed by atoms with Gasteiger partial charge >= 0.3 is 0 Å². The van der Waals surface area contributed by atoms with Gasteiger partial charge in [0.25, 0.3) is 5.91 Å². The predicted molar refractivity (Wildman–Crippen MR) is 78.7 cm³/mol. The Morgan fingerprint density at radius 3 is 2.89 bits per heavy atom. The SMILES string of the molecule is COc1ccc(C(=O)NCC(N)C2CC2)c(I)c1. The molecule has 1 aliphatic rings. The third-order valence-electron chi connectivity index (χ3n) is 3.15. The molecule has 4 nitrogen and oxygen atoms in total. The van der Waals surface area contributed by atoms with Gasteiger partial charge in [0.1, 0.15) is 5.75 Å². The maximum absolute atomic E-state index is 12.0. The van der Waals surface area contributed by atoms with E-state index in [0.717, 1.165) is 9.32 Å². The van der Waals surface area contributed by atoms with Crippen molar-refractivity contribution in [2.45, 2.75) is 18.9 Å². The lowest BCUT2D eigenvalue weighted by atomic mass is 10.1. The second kappa shape index (κ2) is 5.88. The Bertz CT molecular complexity index is 447. The van der Waals surface area contributed by atoms with E-state index in [9.17, 15) is 4.79 Å². The number of nitrogens with two attached hydrogens (primary N) is 1. The van der Waals surface area contributed by atoms with Crippen LogP contribution in [0.4, 0.5) is 0 Å². The van der Waals surface area contributed by atoms with Crippen molar-refractivity contribution >= 4 is 28.5 Å². The number of methoxy groups -OCH3 is 1. The maximum Gasteiger partial charge on any atom is 0.252 e. The fourth-order valence-corrected chi connectivity index (χ4v) is 2.54. The van der Waals surface area contributed by atoms with E-state index >= 15 is 0 Å². The molecule has 0 radical (unpaired) electrons. The average Bonchev–Trinajstić information content (AvgIpc) is 3.19. The highest BCUT2D eigenvalue weighted by Gasteiger charge is 2.28. The van der Waals surface area contributed by atoms with Crippen LogP contribution >= 0.6 is 22.6 Å². The van der Waals surface area contributed by atoms with Crippen molar-refractivity contribution in [3.05, 3.63) is 27.3 Å². The lowest BCUT2D eigenvalue weighted by molar-refractivity contribution is 0.0949. The van der Waals surface area contributed by atoms with Crippen LogP contribution in [-0.4, -0.2) is 25.6 Å². The van der Waals surface area contributed by atoms with Gasteiger partial charge in [0, 0.05) is 16.2 Å². The van der Waals surface area contributed by atoms with Crippen LogP contribution in [0.2, 0.25) is 0 Å². The van der Waals surface area contributed by atoms with Crippen molar-refractivity contribution in [2.24, 2.45) is 11.7 Å². The maximum atomic E-state index is 12.0. The van der Waals surface area contributed by atoms with Crippen LogP contribution in [0.3, 0.4) is 0 Å². The van der Waals surface area contributed by atoms with Crippen LogP contribution < -0.4 is 15.8 Å². The summed E-state index contributed by atoms with van der Waals surface area (Å²) in [4.78, 5) is 12.0. The van der Waals surface area contributed by atoms with Crippen molar-refractivity contribution in [1.29, 1.82) is 0 Å². The molecule has 0 bridgehead atoms. The number of halogens is 1. The molecule has 1 fully saturated rings. The zero-order valence-corrected chi connectivity index (χ0v) is 12.4. The quantitative estimate of drug-likeness (QED) is 0.787. The number of hydrogen-bond acceptors (Lipinski definition) is 3. The van der Waals surface area contributed by atoms with Gasteiger partial charge in [0.05, 0.1) is 12.7 Å². The van der Waals surface area contributed by atoms with Gasteiger partial charge < -0.3 is 15.8 Å². The first-order chi connectivity index (χ1) is 8.61. The summed E-state index contributed by atoms with van der Waals surface area (Å²) in [5.74, 6) is 1.28. The average molecular weight is 360 g/mol. The minimum atomic E-state index is -0.0712. The van der Waals surface area contributed by atoms with Crippen LogP contribution in [0.5, 0.6) is 5.75 Å². The van der Waals surface area contributed by atoms with Crippen molar-refractivity contribution in [3.63, 3.8) is 0 Å². The molecule has 1 amide bonds. The lowest BCUT2D eigenvalue weighted by Gasteiger charge is -2.12. The second-order valence-electron chi connectivity index (χ2n) is 4.56. The largest absolute Gasteiger partial charge is 0.497 e.